The second-order valence-corrected chi connectivity index (χ2v) is 8.42. The van der Waals surface area contributed by atoms with E-state index in [4.69, 9.17) is 4.42 Å². The molecule has 0 saturated carbocycles. The van der Waals surface area contributed by atoms with Gasteiger partial charge in [0.2, 0.25) is 5.89 Å². The van der Waals surface area contributed by atoms with Crippen molar-refractivity contribution in [1.29, 1.82) is 0 Å². The number of para-hydroxylation sites is 4. The first-order chi connectivity index (χ1) is 18.6. The van der Waals surface area contributed by atoms with Gasteiger partial charge in [0, 0.05) is 13.1 Å². The lowest BCUT2D eigenvalue weighted by Crippen LogP contribution is -2.35. The normalized spacial score (nSPS) is 11.1. The highest BCUT2D eigenvalue weighted by molar-refractivity contribution is 5.94. The number of H-pyrrole nitrogens is 1. The van der Waals surface area contributed by atoms with Crippen molar-refractivity contribution in [1.82, 2.24) is 35.6 Å². The average Bonchev–Trinajstić information content (AvgIpc) is 3.60. The molecule has 6 aromatic rings. The molecular weight excluding hydrogens is 482 g/mol. The molecule has 2 amide bonds. The molecule has 0 radical (unpaired) electrons. The lowest BCUT2D eigenvalue weighted by molar-refractivity contribution is 0.0923. The van der Waals surface area contributed by atoms with Gasteiger partial charge >= 0.3 is 0 Å². The molecule has 0 spiro atoms. The summed E-state index contributed by atoms with van der Waals surface area (Å²) < 4.78 is 5.74. The molecule has 0 saturated heterocycles. The van der Waals surface area contributed by atoms with Crippen molar-refractivity contribution in [3.63, 3.8) is 0 Å². The minimum atomic E-state index is -0.373. The van der Waals surface area contributed by atoms with E-state index in [0.29, 0.717) is 34.2 Å². The summed E-state index contributed by atoms with van der Waals surface area (Å²) in [4.78, 5) is 46.3. The number of nitrogens with zero attached hydrogens (tertiary/aromatic N) is 4. The van der Waals surface area contributed by atoms with Crippen molar-refractivity contribution in [3.8, 4) is 23.1 Å². The topological polar surface area (TPSA) is 139 Å². The molecule has 4 aromatic heterocycles. The Morgan fingerprint density at radius 1 is 0.658 bits per heavy atom. The van der Waals surface area contributed by atoms with Gasteiger partial charge in [-0.3, -0.25) is 9.59 Å². The Morgan fingerprint density at radius 3 is 2.00 bits per heavy atom. The Morgan fingerprint density at radius 2 is 1.29 bits per heavy atom. The zero-order valence-electron chi connectivity index (χ0n) is 20.0. The maximum atomic E-state index is 12.6. The standard InChI is InChI=1S/C28H21N7O3/c36-26(21-11-5-10-20(31-21)25-33-17-7-1-2-8-18(17)34-25)29-15-16-30-27(37)22-12-6-13-23(32-22)28-35-19-9-3-4-14-24(19)38-28/h1-14H,15-16H2,(H,29,36)(H,30,37)(H,33,34). The van der Waals surface area contributed by atoms with Crippen LogP contribution in [0.25, 0.3) is 45.2 Å². The van der Waals surface area contributed by atoms with Gasteiger partial charge in [-0.25, -0.2) is 19.9 Å². The SMILES string of the molecule is O=C(NCCNC(=O)c1cccc(-c2nc3ccccc3o2)n1)c1cccc(-c2nc3ccccc3[nH]2)n1. The summed E-state index contributed by atoms with van der Waals surface area (Å²) in [6, 6.07) is 25.3. The van der Waals surface area contributed by atoms with E-state index in [2.05, 4.69) is 35.6 Å². The highest BCUT2D eigenvalue weighted by Crippen LogP contribution is 2.23. The summed E-state index contributed by atoms with van der Waals surface area (Å²) in [6.45, 7) is 0.425. The van der Waals surface area contributed by atoms with Crippen molar-refractivity contribution >= 4 is 33.9 Å². The number of aromatic nitrogens is 5. The molecule has 186 valence electrons. The number of rotatable bonds is 7. The Balaban J connectivity index is 1.05. The van der Waals surface area contributed by atoms with Gasteiger partial charge in [-0.1, -0.05) is 36.4 Å². The van der Waals surface area contributed by atoms with Crippen molar-refractivity contribution in [2.45, 2.75) is 0 Å². The zero-order chi connectivity index (χ0) is 25.9. The molecule has 0 aliphatic rings. The van der Waals surface area contributed by atoms with E-state index in [9.17, 15) is 9.59 Å². The van der Waals surface area contributed by atoms with E-state index in [1.807, 2.05) is 48.5 Å². The van der Waals surface area contributed by atoms with Crippen LogP contribution in [0.5, 0.6) is 0 Å². The molecule has 6 rings (SSSR count). The van der Waals surface area contributed by atoms with Crippen LogP contribution >= 0.6 is 0 Å². The third-order valence-corrected chi connectivity index (χ3v) is 5.80. The largest absolute Gasteiger partial charge is 0.435 e. The minimum absolute atomic E-state index is 0.211. The summed E-state index contributed by atoms with van der Waals surface area (Å²) >= 11 is 0. The number of nitrogens with one attached hydrogen (secondary N) is 3. The van der Waals surface area contributed by atoms with Crippen molar-refractivity contribution in [2.75, 3.05) is 13.1 Å². The summed E-state index contributed by atoms with van der Waals surface area (Å²) in [7, 11) is 0. The highest BCUT2D eigenvalue weighted by Gasteiger charge is 2.14. The summed E-state index contributed by atoms with van der Waals surface area (Å²) in [5.41, 5.74) is 4.57. The quantitative estimate of drug-likeness (QED) is 0.280. The molecule has 0 unspecified atom stereocenters. The van der Waals surface area contributed by atoms with Gasteiger partial charge in [0.15, 0.2) is 11.4 Å². The second kappa shape index (κ2) is 9.94. The number of pyridine rings is 2. The minimum Gasteiger partial charge on any atom is -0.435 e. The first-order valence-corrected chi connectivity index (χ1v) is 12.0. The van der Waals surface area contributed by atoms with Crippen LogP contribution in [0.15, 0.2) is 89.3 Å². The molecule has 38 heavy (non-hydrogen) atoms. The summed E-state index contributed by atoms with van der Waals surface area (Å²) in [5, 5.41) is 5.53. The first-order valence-electron chi connectivity index (χ1n) is 12.0. The van der Waals surface area contributed by atoms with E-state index in [-0.39, 0.29) is 36.3 Å². The number of oxazole rings is 1. The number of hydrogen-bond donors (Lipinski definition) is 3. The van der Waals surface area contributed by atoms with Gasteiger partial charge in [0.1, 0.15) is 28.3 Å². The highest BCUT2D eigenvalue weighted by atomic mass is 16.3. The smallest absolute Gasteiger partial charge is 0.269 e. The Hall–Kier alpha value is -5.38. The van der Waals surface area contributed by atoms with Gasteiger partial charge in [0.05, 0.1) is 11.0 Å². The number of imidazole rings is 1. The molecule has 10 heteroatoms. The van der Waals surface area contributed by atoms with E-state index in [1.165, 1.54) is 0 Å². The molecule has 0 aliphatic carbocycles. The van der Waals surface area contributed by atoms with E-state index >= 15 is 0 Å². The van der Waals surface area contributed by atoms with Crippen LogP contribution in [0.3, 0.4) is 0 Å². The predicted molar refractivity (Wildman–Crippen MR) is 141 cm³/mol. The van der Waals surface area contributed by atoms with E-state index in [0.717, 1.165) is 11.0 Å². The number of hydrogen-bond acceptors (Lipinski definition) is 7. The fraction of sp³-hybridized carbons (Fsp3) is 0.0714. The maximum Gasteiger partial charge on any atom is 0.269 e. The third-order valence-electron chi connectivity index (χ3n) is 5.80. The second-order valence-electron chi connectivity index (χ2n) is 8.42. The van der Waals surface area contributed by atoms with Gasteiger partial charge < -0.3 is 20.0 Å². The fourth-order valence-electron chi connectivity index (χ4n) is 3.96. The number of carbonyl (C=O) groups excluding carboxylic acids is 2. The molecule has 4 heterocycles. The molecular formula is C28H21N7O3. The van der Waals surface area contributed by atoms with E-state index < -0.39 is 0 Å². The number of carbonyl (C=O) groups is 2. The van der Waals surface area contributed by atoms with E-state index in [1.54, 1.807) is 36.4 Å². The fourth-order valence-corrected chi connectivity index (χ4v) is 3.96. The van der Waals surface area contributed by atoms with Gasteiger partial charge in [0.25, 0.3) is 11.8 Å². The Labute approximate surface area is 216 Å². The van der Waals surface area contributed by atoms with Gasteiger partial charge in [-0.15, -0.1) is 0 Å². The third kappa shape index (κ3) is 4.70. The van der Waals surface area contributed by atoms with Crippen molar-refractivity contribution in [2.24, 2.45) is 0 Å². The van der Waals surface area contributed by atoms with Crippen LogP contribution in [0.4, 0.5) is 0 Å². The van der Waals surface area contributed by atoms with Crippen LogP contribution in [0.1, 0.15) is 21.0 Å². The molecule has 0 atom stereocenters. The molecule has 10 nitrogen and oxygen atoms in total. The van der Waals surface area contributed by atoms with Gasteiger partial charge in [-0.2, -0.15) is 0 Å². The Kier molecular flexibility index (Phi) is 6.03. The van der Waals surface area contributed by atoms with Crippen LogP contribution in [-0.4, -0.2) is 49.8 Å². The van der Waals surface area contributed by atoms with Crippen LogP contribution in [0.2, 0.25) is 0 Å². The first kappa shape index (κ1) is 23.0. The monoisotopic (exact) mass is 503 g/mol. The van der Waals surface area contributed by atoms with Crippen molar-refractivity contribution in [3.05, 3.63) is 96.3 Å². The lowest BCUT2D eigenvalue weighted by Gasteiger charge is -2.07. The zero-order valence-corrected chi connectivity index (χ0v) is 20.0. The molecule has 0 aliphatic heterocycles. The van der Waals surface area contributed by atoms with Crippen LogP contribution in [0, 0.1) is 0 Å². The lowest BCUT2D eigenvalue weighted by atomic mass is 10.2. The van der Waals surface area contributed by atoms with Crippen molar-refractivity contribution < 1.29 is 14.0 Å². The summed E-state index contributed by atoms with van der Waals surface area (Å²) in [6.07, 6.45) is 0. The molecule has 0 fully saturated rings. The number of benzene rings is 2. The summed E-state index contributed by atoms with van der Waals surface area (Å²) in [5.74, 6) is 0.196. The molecule has 3 N–H and O–H groups in total. The average molecular weight is 504 g/mol. The molecule has 0 bridgehead atoms. The van der Waals surface area contributed by atoms with Gasteiger partial charge in [-0.05, 0) is 48.5 Å². The maximum absolute atomic E-state index is 12.6. The van der Waals surface area contributed by atoms with Crippen LogP contribution in [-0.2, 0) is 0 Å². The number of fused-ring (bicyclic) bond motifs is 2. The number of amides is 2. The molecule has 2 aromatic carbocycles. The van der Waals surface area contributed by atoms with Crippen LogP contribution < -0.4 is 10.6 Å². The Bertz CT molecular complexity index is 1590. The predicted octanol–water partition coefficient (Wildman–Crippen LogP) is 3.99. The number of aromatic amines is 1.